The fraction of sp³-hybridized carbons (Fsp3) is 0.208. The van der Waals surface area contributed by atoms with Crippen molar-refractivity contribution >= 4 is 61.8 Å². The minimum atomic E-state index is -2.89. The van der Waals surface area contributed by atoms with Crippen molar-refractivity contribution in [3.63, 3.8) is 0 Å². The van der Waals surface area contributed by atoms with Gasteiger partial charge in [-0.15, -0.1) is 0 Å². The van der Waals surface area contributed by atoms with Crippen molar-refractivity contribution in [3.05, 3.63) is 72.3 Å². The molecule has 0 amide bonds. The lowest BCUT2D eigenvalue weighted by Gasteiger charge is -2.33. The molecule has 0 fully saturated rings. The van der Waals surface area contributed by atoms with Crippen molar-refractivity contribution in [1.29, 1.82) is 0 Å². The summed E-state index contributed by atoms with van der Waals surface area (Å²) in [6.45, 7) is 1.87. The van der Waals surface area contributed by atoms with Crippen LogP contribution in [0.25, 0.3) is 21.9 Å². The normalized spacial score (nSPS) is 14.0. The van der Waals surface area contributed by atoms with E-state index in [2.05, 4.69) is 0 Å². The van der Waals surface area contributed by atoms with Crippen molar-refractivity contribution in [1.82, 2.24) is 0 Å². The van der Waals surface area contributed by atoms with Gasteiger partial charge in [-0.3, -0.25) is 12.7 Å². The van der Waals surface area contributed by atoms with Gasteiger partial charge in [0.15, 0.2) is 0 Å². The Bertz CT molecular complexity index is 1400. The number of furan rings is 1. The zero-order valence-corrected chi connectivity index (χ0v) is 20.3. The monoisotopic (exact) mass is 514 g/mol. The minimum absolute atomic E-state index is 0.00626. The SMILES string of the molecule is Cc1ccc(N(CCCC(C(=O)O)N(c2ccc3oc4ccccc4c3c2)S(=O)[O-])S(=O)[O-])cc1. The Kier molecular flexibility index (Phi) is 7.51. The van der Waals surface area contributed by atoms with E-state index < -0.39 is 34.5 Å². The molecule has 3 unspecified atom stereocenters. The molecule has 0 aliphatic rings. The van der Waals surface area contributed by atoms with Crippen molar-refractivity contribution in [2.75, 3.05) is 15.2 Å². The minimum Gasteiger partial charge on any atom is -0.755 e. The third kappa shape index (κ3) is 5.38. The molecule has 1 N–H and O–H groups in total. The zero-order chi connectivity index (χ0) is 25.1. The molecule has 4 aromatic rings. The summed E-state index contributed by atoms with van der Waals surface area (Å²) in [7, 11) is 0. The van der Waals surface area contributed by atoms with E-state index >= 15 is 0 Å². The van der Waals surface area contributed by atoms with Gasteiger partial charge in [0.2, 0.25) is 0 Å². The lowest BCUT2D eigenvalue weighted by atomic mass is 10.1. The molecular formula is C24H22N2O7S2-2. The van der Waals surface area contributed by atoms with Gasteiger partial charge in [0.1, 0.15) is 17.2 Å². The van der Waals surface area contributed by atoms with E-state index in [1.54, 1.807) is 42.5 Å². The number of rotatable bonds is 10. The van der Waals surface area contributed by atoms with Gasteiger partial charge >= 0.3 is 5.97 Å². The molecule has 184 valence electrons. The third-order valence-electron chi connectivity index (χ3n) is 5.68. The fourth-order valence-electron chi connectivity index (χ4n) is 3.99. The van der Waals surface area contributed by atoms with Crippen LogP contribution >= 0.6 is 0 Å². The maximum atomic E-state index is 12.2. The Balaban J connectivity index is 1.59. The average Bonchev–Trinajstić information content (AvgIpc) is 3.19. The standard InChI is InChI=1S/C24H24N2O7S2/c1-16-8-10-17(11-9-16)25(34(29)30)14-4-6-21(24(27)28)26(35(31)32)18-12-13-23-20(15-18)19-5-2-3-7-22(19)33-23/h2-3,5,7-13,15,21H,4,6,14H2,1H3,(H,27,28)(H,29,30)(H,31,32)/p-2. The topological polar surface area (TPSA) is 137 Å². The zero-order valence-electron chi connectivity index (χ0n) is 18.7. The smallest absolute Gasteiger partial charge is 0.327 e. The number of para-hydroxylation sites is 1. The summed E-state index contributed by atoms with van der Waals surface area (Å²) in [5, 5.41) is 11.3. The first-order valence-corrected chi connectivity index (χ1v) is 12.8. The molecule has 3 atom stereocenters. The van der Waals surface area contributed by atoms with Crippen molar-refractivity contribution in [2.24, 2.45) is 0 Å². The van der Waals surface area contributed by atoms with Crippen LogP contribution in [0, 0.1) is 6.92 Å². The average molecular weight is 515 g/mol. The number of anilines is 2. The molecule has 0 spiro atoms. The first kappa shape index (κ1) is 24.9. The van der Waals surface area contributed by atoms with Crippen molar-refractivity contribution in [3.8, 4) is 0 Å². The van der Waals surface area contributed by atoms with Gasteiger partial charge in [-0.1, -0.05) is 35.9 Å². The summed E-state index contributed by atoms with van der Waals surface area (Å²) < 4.78 is 55.5. The Hall–Kier alpha value is -3.25. The number of hydrogen-bond donors (Lipinski definition) is 1. The van der Waals surface area contributed by atoms with Crippen LogP contribution in [0.5, 0.6) is 0 Å². The molecule has 9 nitrogen and oxygen atoms in total. The number of carboxylic acids is 1. The second-order valence-electron chi connectivity index (χ2n) is 7.97. The van der Waals surface area contributed by atoms with Gasteiger partial charge in [0.25, 0.3) is 0 Å². The lowest BCUT2D eigenvalue weighted by molar-refractivity contribution is -0.138. The number of aliphatic carboxylic acids is 1. The summed E-state index contributed by atoms with van der Waals surface area (Å²) in [5.41, 5.74) is 2.76. The fourth-order valence-corrected chi connectivity index (χ4v) is 5.25. The highest BCUT2D eigenvalue weighted by Crippen LogP contribution is 2.33. The number of carbonyl (C=O) groups is 1. The quantitative estimate of drug-likeness (QED) is 0.315. The Morgan fingerprint density at radius 1 is 0.943 bits per heavy atom. The molecule has 4 rings (SSSR count). The number of aryl methyl sites for hydroxylation is 1. The van der Waals surface area contributed by atoms with Crippen LogP contribution in [0.15, 0.2) is 71.1 Å². The summed E-state index contributed by atoms with van der Waals surface area (Å²) in [4.78, 5) is 12.1. The Morgan fingerprint density at radius 3 is 2.26 bits per heavy atom. The molecule has 11 heteroatoms. The number of fused-ring (bicyclic) bond motifs is 3. The molecule has 0 saturated carbocycles. The molecule has 0 aliphatic heterocycles. The molecule has 35 heavy (non-hydrogen) atoms. The van der Waals surface area contributed by atoms with E-state index in [1.165, 1.54) is 6.07 Å². The summed E-state index contributed by atoms with van der Waals surface area (Å²) in [6, 6.07) is 17.4. The van der Waals surface area contributed by atoms with Crippen LogP contribution in [0.4, 0.5) is 11.4 Å². The van der Waals surface area contributed by atoms with Gasteiger partial charge < -0.3 is 22.9 Å². The number of carboxylic acid groups (broad SMARTS) is 1. The van der Waals surface area contributed by atoms with E-state index in [-0.39, 0.29) is 25.1 Å². The van der Waals surface area contributed by atoms with E-state index in [0.717, 1.165) is 19.6 Å². The molecule has 0 aliphatic carbocycles. The van der Waals surface area contributed by atoms with Crippen LogP contribution in [0.1, 0.15) is 18.4 Å². The maximum Gasteiger partial charge on any atom is 0.327 e. The van der Waals surface area contributed by atoms with Crippen molar-refractivity contribution in [2.45, 2.75) is 25.8 Å². The summed E-state index contributed by atoms with van der Waals surface area (Å²) >= 11 is -5.47. The second kappa shape index (κ2) is 10.6. The highest BCUT2D eigenvalue weighted by atomic mass is 32.2. The van der Waals surface area contributed by atoms with Gasteiger partial charge in [-0.05, 0) is 56.2 Å². The van der Waals surface area contributed by atoms with E-state index in [4.69, 9.17) is 4.42 Å². The van der Waals surface area contributed by atoms with Gasteiger partial charge in [0.05, 0.1) is 5.69 Å². The van der Waals surface area contributed by atoms with Crippen molar-refractivity contribution < 1.29 is 31.8 Å². The maximum absolute atomic E-state index is 12.2. The largest absolute Gasteiger partial charge is 0.755 e. The molecule has 0 saturated heterocycles. The Morgan fingerprint density at radius 2 is 1.60 bits per heavy atom. The van der Waals surface area contributed by atoms with Gasteiger partial charge in [-0.2, -0.15) is 0 Å². The van der Waals surface area contributed by atoms with Crippen LogP contribution in [-0.4, -0.2) is 41.2 Å². The van der Waals surface area contributed by atoms with Crippen LogP contribution in [0.3, 0.4) is 0 Å². The number of nitrogens with zero attached hydrogens (tertiary/aromatic N) is 2. The highest BCUT2D eigenvalue weighted by molar-refractivity contribution is 7.81. The molecule has 1 aromatic heterocycles. The van der Waals surface area contributed by atoms with E-state index in [9.17, 15) is 27.4 Å². The lowest BCUT2D eigenvalue weighted by Crippen LogP contribution is -2.43. The first-order valence-electron chi connectivity index (χ1n) is 10.7. The van der Waals surface area contributed by atoms with Gasteiger partial charge in [-0.25, -0.2) is 4.79 Å². The molecular weight excluding hydrogens is 492 g/mol. The molecule has 3 aromatic carbocycles. The second-order valence-corrected chi connectivity index (χ2v) is 9.68. The predicted molar refractivity (Wildman–Crippen MR) is 133 cm³/mol. The number of benzene rings is 3. The van der Waals surface area contributed by atoms with E-state index in [1.807, 2.05) is 25.1 Å². The predicted octanol–water partition coefficient (Wildman–Crippen LogP) is 4.03. The van der Waals surface area contributed by atoms with Crippen LogP contribution in [0.2, 0.25) is 0 Å². The third-order valence-corrected chi connectivity index (χ3v) is 7.22. The summed E-state index contributed by atoms with van der Waals surface area (Å²) in [5.74, 6) is -1.34. The summed E-state index contributed by atoms with van der Waals surface area (Å²) in [6.07, 6.45) is 0.0104. The number of hydrogen-bond acceptors (Lipinski definition) is 6. The molecule has 1 heterocycles. The highest BCUT2D eigenvalue weighted by Gasteiger charge is 2.28. The molecule has 0 bridgehead atoms. The Labute approximate surface area is 206 Å². The van der Waals surface area contributed by atoms with Crippen LogP contribution < -0.4 is 8.61 Å². The van der Waals surface area contributed by atoms with E-state index in [0.29, 0.717) is 22.2 Å². The first-order chi connectivity index (χ1) is 16.8. The van der Waals surface area contributed by atoms with Crippen LogP contribution in [-0.2, 0) is 27.3 Å². The molecule has 0 radical (unpaired) electrons. The van der Waals surface area contributed by atoms with Gasteiger partial charge in [0, 0.05) is 45.5 Å².